The first-order valence-electron chi connectivity index (χ1n) is 8.75. The molecule has 1 saturated heterocycles. The van der Waals surface area contributed by atoms with Crippen molar-refractivity contribution in [3.8, 4) is 5.75 Å². The van der Waals surface area contributed by atoms with Crippen molar-refractivity contribution in [2.75, 3.05) is 26.2 Å². The molecule has 1 aromatic carbocycles. The van der Waals surface area contributed by atoms with Crippen LogP contribution >= 0.6 is 0 Å². The van der Waals surface area contributed by atoms with Crippen LogP contribution in [-0.2, 0) is 4.79 Å². The number of aryl methyl sites for hydroxylation is 2. The predicted octanol–water partition coefficient (Wildman–Crippen LogP) is 2.64. The Balaban J connectivity index is 1.59. The fraction of sp³-hybridized carbons (Fsp3) is 0.400. The lowest BCUT2D eigenvalue weighted by Crippen LogP contribution is -2.49. The molecule has 1 atom stereocenters. The van der Waals surface area contributed by atoms with Crippen molar-refractivity contribution < 1.29 is 9.53 Å². The summed E-state index contributed by atoms with van der Waals surface area (Å²) in [6.45, 7) is 6.77. The molecule has 1 unspecified atom stereocenters. The molecule has 2 heterocycles. The standard InChI is InChI=1S/C20H25N3O2/c1-15-5-6-19(16(2)12-15)25-11-7-20(24)23-10-9-22-14-18(23)17-4-3-8-21-13-17/h3-6,8,12-13,18,22H,7,9-11,14H2,1-2H3. The summed E-state index contributed by atoms with van der Waals surface area (Å²) in [7, 11) is 0. The van der Waals surface area contributed by atoms with Crippen LogP contribution in [0.2, 0.25) is 0 Å². The Morgan fingerprint density at radius 2 is 2.24 bits per heavy atom. The largest absolute Gasteiger partial charge is 0.493 e. The molecular formula is C20H25N3O2. The van der Waals surface area contributed by atoms with E-state index in [1.165, 1.54) is 5.56 Å². The summed E-state index contributed by atoms with van der Waals surface area (Å²) in [6, 6.07) is 10.1. The van der Waals surface area contributed by atoms with Crippen molar-refractivity contribution in [2.45, 2.75) is 26.3 Å². The number of rotatable bonds is 5. The smallest absolute Gasteiger partial charge is 0.226 e. The Hall–Kier alpha value is -2.40. The van der Waals surface area contributed by atoms with E-state index in [1.807, 2.05) is 42.3 Å². The molecule has 1 aliphatic rings. The Bertz CT molecular complexity index is 718. The van der Waals surface area contributed by atoms with Gasteiger partial charge in [0.25, 0.3) is 0 Å². The Kier molecular flexibility index (Phi) is 5.66. The molecule has 132 valence electrons. The number of amides is 1. The summed E-state index contributed by atoms with van der Waals surface area (Å²) in [5.74, 6) is 0.975. The number of benzene rings is 1. The second kappa shape index (κ2) is 8.12. The van der Waals surface area contributed by atoms with Gasteiger partial charge in [0.15, 0.2) is 0 Å². The van der Waals surface area contributed by atoms with E-state index < -0.39 is 0 Å². The van der Waals surface area contributed by atoms with Crippen LogP contribution in [0.25, 0.3) is 0 Å². The highest BCUT2D eigenvalue weighted by molar-refractivity contribution is 5.77. The summed E-state index contributed by atoms with van der Waals surface area (Å²) in [5.41, 5.74) is 3.38. The van der Waals surface area contributed by atoms with Gasteiger partial charge in [-0.2, -0.15) is 0 Å². The molecule has 0 bridgehead atoms. The Morgan fingerprint density at radius 3 is 3.00 bits per heavy atom. The number of hydrogen-bond acceptors (Lipinski definition) is 4. The molecule has 25 heavy (non-hydrogen) atoms. The van der Waals surface area contributed by atoms with E-state index in [-0.39, 0.29) is 11.9 Å². The Morgan fingerprint density at radius 1 is 1.36 bits per heavy atom. The van der Waals surface area contributed by atoms with E-state index in [0.29, 0.717) is 19.6 Å². The van der Waals surface area contributed by atoms with Crippen LogP contribution in [-0.4, -0.2) is 42.0 Å². The van der Waals surface area contributed by atoms with Crippen LogP contribution in [0.5, 0.6) is 5.75 Å². The van der Waals surface area contributed by atoms with Crippen molar-refractivity contribution in [1.82, 2.24) is 15.2 Å². The van der Waals surface area contributed by atoms with Gasteiger partial charge in [-0.3, -0.25) is 9.78 Å². The van der Waals surface area contributed by atoms with Gasteiger partial charge in [0.2, 0.25) is 5.91 Å². The minimum absolute atomic E-state index is 0.0380. The molecule has 2 aromatic rings. The van der Waals surface area contributed by atoms with Gasteiger partial charge in [-0.25, -0.2) is 0 Å². The third-order valence-corrected chi connectivity index (χ3v) is 4.54. The third-order valence-electron chi connectivity index (χ3n) is 4.54. The van der Waals surface area contributed by atoms with Crippen molar-refractivity contribution in [2.24, 2.45) is 0 Å². The zero-order chi connectivity index (χ0) is 17.6. The van der Waals surface area contributed by atoms with Crippen LogP contribution in [0.15, 0.2) is 42.7 Å². The summed E-state index contributed by atoms with van der Waals surface area (Å²) in [4.78, 5) is 18.8. The van der Waals surface area contributed by atoms with Crippen LogP contribution < -0.4 is 10.1 Å². The topological polar surface area (TPSA) is 54.5 Å². The van der Waals surface area contributed by atoms with Crippen LogP contribution in [0, 0.1) is 13.8 Å². The maximum atomic E-state index is 12.7. The molecule has 5 heteroatoms. The number of carbonyl (C=O) groups excluding carboxylic acids is 1. The van der Waals surface area contributed by atoms with Crippen molar-refractivity contribution in [3.63, 3.8) is 0 Å². The third kappa shape index (κ3) is 4.37. The molecule has 1 N–H and O–H groups in total. The fourth-order valence-electron chi connectivity index (χ4n) is 3.23. The van der Waals surface area contributed by atoms with Gasteiger partial charge in [-0.1, -0.05) is 23.8 Å². The lowest BCUT2D eigenvalue weighted by atomic mass is 10.0. The van der Waals surface area contributed by atoms with E-state index >= 15 is 0 Å². The molecule has 1 amide bonds. The van der Waals surface area contributed by atoms with Crippen LogP contribution in [0.1, 0.15) is 29.2 Å². The first-order chi connectivity index (χ1) is 12.1. The van der Waals surface area contributed by atoms with E-state index in [0.717, 1.165) is 30.0 Å². The van der Waals surface area contributed by atoms with Gasteiger partial charge < -0.3 is 15.0 Å². The molecule has 5 nitrogen and oxygen atoms in total. The molecule has 3 rings (SSSR count). The maximum Gasteiger partial charge on any atom is 0.226 e. The number of nitrogens with one attached hydrogen (secondary N) is 1. The van der Waals surface area contributed by atoms with Gasteiger partial charge >= 0.3 is 0 Å². The maximum absolute atomic E-state index is 12.7. The van der Waals surface area contributed by atoms with E-state index in [4.69, 9.17) is 4.74 Å². The normalized spacial score (nSPS) is 17.4. The average molecular weight is 339 g/mol. The number of hydrogen-bond donors (Lipinski definition) is 1. The van der Waals surface area contributed by atoms with Crippen molar-refractivity contribution in [3.05, 3.63) is 59.4 Å². The second-order valence-electron chi connectivity index (χ2n) is 6.46. The molecule has 0 radical (unpaired) electrons. The fourth-order valence-corrected chi connectivity index (χ4v) is 3.23. The van der Waals surface area contributed by atoms with Gasteiger partial charge in [-0.05, 0) is 37.1 Å². The number of aromatic nitrogens is 1. The number of nitrogens with zero attached hydrogens (tertiary/aromatic N) is 2. The highest BCUT2D eigenvalue weighted by atomic mass is 16.5. The van der Waals surface area contributed by atoms with Crippen LogP contribution in [0.4, 0.5) is 0 Å². The molecule has 1 fully saturated rings. The molecule has 1 aliphatic heterocycles. The molecule has 0 saturated carbocycles. The average Bonchev–Trinajstić information content (AvgIpc) is 2.64. The minimum atomic E-state index is 0.0380. The second-order valence-corrected chi connectivity index (χ2v) is 6.46. The predicted molar refractivity (Wildman–Crippen MR) is 97.6 cm³/mol. The van der Waals surface area contributed by atoms with E-state index in [9.17, 15) is 4.79 Å². The number of carbonyl (C=O) groups is 1. The SMILES string of the molecule is Cc1ccc(OCCC(=O)N2CCNCC2c2cccnc2)c(C)c1. The zero-order valence-electron chi connectivity index (χ0n) is 14.9. The number of piperazine rings is 1. The van der Waals surface area contributed by atoms with E-state index in [2.05, 4.69) is 23.3 Å². The van der Waals surface area contributed by atoms with Gasteiger partial charge in [0, 0.05) is 32.0 Å². The van der Waals surface area contributed by atoms with Crippen LogP contribution in [0.3, 0.4) is 0 Å². The molecule has 0 spiro atoms. The number of ether oxygens (including phenoxy) is 1. The first-order valence-corrected chi connectivity index (χ1v) is 8.75. The van der Waals surface area contributed by atoms with Crippen molar-refractivity contribution in [1.29, 1.82) is 0 Å². The summed E-state index contributed by atoms with van der Waals surface area (Å²) in [5, 5.41) is 3.36. The molecule has 0 aliphatic carbocycles. The molecular weight excluding hydrogens is 314 g/mol. The minimum Gasteiger partial charge on any atom is -0.493 e. The number of pyridine rings is 1. The summed E-state index contributed by atoms with van der Waals surface area (Å²) in [6.07, 6.45) is 3.97. The van der Waals surface area contributed by atoms with Gasteiger partial charge in [0.05, 0.1) is 19.1 Å². The monoisotopic (exact) mass is 339 g/mol. The molecule has 1 aromatic heterocycles. The van der Waals surface area contributed by atoms with Gasteiger partial charge in [-0.15, -0.1) is 0 Å². The zero-order valence-corrected chi connectivity index (χ0v) is 14.9. The highest BCUT2D eigenvalue weighted by Crippen LogP contribution is 2.23. The summed E-state index contributed by atoms with van der Waals surface area (Å²) < 4.78 is 5.82. The first kappa shape index (κ1) is 17.4. The van der Waals surface area contributed by atoms with Gasteiger partial charge in [0.1, 0.15) is 5.75 Å². The lowest BCUT2D eigenvalue weighted by molar-refractivity contribution is -0.135. The highest BCUT2D eigenvalue weighted by Gasteiger charge is 2.27. The Labute approximate surface area is 149 Å². The lowest BCUT2D eigenvalue weighted by Gasteiger charge is -2.36. The van der Waals surface area contributed by atoms with E-state index in [1.54, 1.807) is 6.20 Å². The quantitative estimate of drug-likeness (QED) is 0.910. The van der Waals surface area contributed by atoms with Crippen molar-refractivity contribution >= 4 is 5.91 Å². The summed E-state index contributed by atoms with van der Waals surface area (Å²) >= 11 is 0.